The van der Waals surface area contributed by atoms with Gasteiger partial charge >= 0.3 is 0 Å². The van der Waals surface area contributed by atoms with E-state index >= 15 is 0 Å². The normalized spacial score (nSPS) is 56.7. The summed E-state index contributed by atoms with van der Waals surface area (Å²) in [6, 6.07) is 0. The first-order chi connectivity index (χ1) is 4.29. The lowest BCUT2D eigenvalue weighted by Gasteiger charge is -2.11. The van der Waals surface area contributed by atoms with Gasteiger partial charge in [0.2, 0.25) is 0 Å². The maximum absolute atomic E-state index is 12.7. The van der Waals surface area contributed by atoms with Crippen LogP contribution in [0, 0.1) is 11.8 Å². The molecule has 0 saturated heterocycles. The van der Waals surface area contributed by atoms with Gasteiger partial charge in [0.1, 0.15) is 6.17 Å². The van der Waals surface area contributed by atoms with Crippen LogP contribution in [0.3, 0.4) is 0 Å². The molecule has 1 nitrogen and oxygen atoms in total. The van der Waals surface area contributed by atoms with E-state index in [1.54, 1.807) is 0 Å². The summed E-state index contributed by atoms with van der Waals surface area (Å²) in [7, 11) is 0. The minimum absolute atomic E-state index is 0.00463. The predicted molar refractivity (Wildman–Crippen MR) is 31.7 cm³/mol. The Bertz CT molecular complexity index is 126. The number of hydrogen-bond donors (Lipinski definition) is 1. The van der Waals surface area contributed by atoms with Gasteiger partial charge in [-0.15, -0.1) is 0 Å². The highest BCUT2D eigenvalue weighted by Gasteiger charge is 2.47. The highest BCUT2D eigenvalue weighted by atomic mass is 19.1. The zero-order valence-corrected chi connectivity index (χ0v) is 5.26. The van der Waals surface area contributed by atoms with Crippen molar-refractivity contribution in [2.45, 2.75) is 31.5 Å². The Morgan fingerprint density at radius 2 is 2.11 bits per heavy atom. The van der Waals surface area contributed by atoms with Crippen LogP contribution in [0.25, 0.3) is 0 Å². The maximum Gasteiger partial charge on any atom is 0.106 e. The first-order valence-corrected chi connectivity index (χ1v) is 3.61. The fourth-order valence-corrected chi connectivity index (χ4v) is 2.21. The largest absolute Gasteiger partial charge is 0.392 e. The number of aliphatic hydroxyl groups excluding tert-OH is 1. The van der Waals surface area contributed by atoms with Crippen LogP contribution in [0.15, 0.2) is 0 Å². The molecular formula is C7H11FO. The first-order valence-electron chi connectivity index (χ1n) is 3.61. The van der Waals surface area contributed by atoms with Crippen LogP contribution in [0.4, 0.5) is 4.39 Å². The van der Waals surface area contributed by atoms with Crippen LogP contribution >= 0.6 is 0 Å². The molecule has 0 amide bonds. The minimum atomic E-state index is -0.696. The van der Waals surface area contributed by atoms with Crippen molar-refractivity contribution in [3.63, 3.8) is 0 Å². The van der Waals surface area contributed by atoms with Gasteiger partial charge < -0.3 is 5.11 Å². The highest BCUT2D eigenvalue weighted by Crippen LogP contribution is 2.46. The summed E-state index contributed by atoms with van der Waals surface area (Å²) in [5.74, 6) is 0.292. The summed E-state index contributed by atoms with van der Waals surface area (Å²) < 4.78 is 12.7. The Labute approximate surface area is 53.9 Å². The van der Waals surface area contributed by atoms with Crippen LogP contribution in [0.1, 0.15) is 19.3 Å². The highest BCUT2D eigenvalue weighted by molar-refractivity contribution is 4.97. The van der Waals surface area contributed by atoms with Crippen LogP contribution in [0.2, 0.25) is 0 Å². The van der Waals surface area contributed by atoms with Crippen molar-refractivity contribution in [3.8, 4) is 0 Å². The van der Waals surface area contributed by atoms with Gasteiger partial charge in [0.15, 0.2) is 0 Å². The van der Waals surface area contributed by atoms with Gasteiger partial charge in [-0.25, -0.2) is 4.39 Å². The summed E-state index contributed by atoms with van der Waals surface area (Å²) in [5.41, 5.74) is 0. The van der Waals surface area contributed by atoms with Crippen molar-refractivity contribution < 1.29 is 9.50 Å². The molecular weight excluding hydrogens is 119 g/mol. The standard InChI is InChI=1S/C7H11FO/c8-6-3-4-1-2-5(6)7(4)9/h4-7,9H,1-3H2/t4?,5?,6-,7-/m0/s1. The van der Waals surface area contributed by atoms with Crippen molar-refractivity contribution in [2.75, 3.05) is 0 Å². The van der Waals surface area contributed by atoms with Crippen molar-refractivity contribution in [2.24, 2.45) is 11.8 Å². The zero-order chi connectivity index (χ0) is 6.43. The Balaban J connectivity index is 2.16. The molecule has 0 aromatic carbocycles. The number of hydrogen-bond acceptors (Lipinski definition) is 1. The zero-order valence-electron chi connectivity index (χ0n) is 5.26. The lowest BCUT2D eigenvalue weighted by molar-refractivity contribution is 0.112. The van der Waals surface area contributed by atoms with E-state index in [2.05, 4.69) is 0 Å². The molecule has 52 valence electrons. The Morgan fingerprint density at radius 3 is 2.33 bits per heavy atom. The molecule has 0 aromatic rings. The smallest absolute Gasteiger partial charge is 0.106 e. The van der Waals surface area contributed by atoms with Gasteiger partial charge in [-0.1, -0.05) is 0 Å². The SMILES string of the molecule is O[C@H]1C2CCC1[C@@H](F)C2. The molecule has 0 aromatic heterocycles. The summed E-state index contributed by atoms with van der Waals surface area (Å²) in [5, 5.41) is 9.26. The minimum Gasteiger partial charge on any atom is -0.392 e. The van der Waals surface area contributed by atoms with E-state index in [9.17, 15) is 9.50 Å². The summed E-state index contributed by atoms with van der Waals surface area (Å²) >= 11 is 0. The third-order valence-electron chi connectivity index (χ3n) is 2.78. The van der Waals surface area contributed by atoms with Crippen LogP contribution in [0.5, 0.6) is 0 Å². The Hall–Kier alpha value is -0.110. The van der Waals surface area contributed by atoms with Crippen LogP contribution in [-0.2, 0) is 0 Å². The lowest BCUT2D eigenvalue weighted by atomic mass is 9.99. The van der Waals surface area contributed by atoms with E-state index in [0.717, 1.165) is 12.8 Å². The number of alkyl halides is 1. The third kappa shape index (κ3) is 0.627. The first kappa shape index (κ1) is 5.66. The predicted octanol–water partition coefficient (Wildman–Crippen LogP) is 1.12. The van der Waals surface area contributed by atoms with Gasteiger partial charge in [0.05, 0.1) is 6.10 Å². The topological polar surface area (TPSA) is 20.2 Å². The van der Waals surface area contributed by atoms with Gasteiger partial charge in [-0.2, -0.15) is 0 Å². The third-order valence-corrected chi connectivity index (χ3v) is 2.78. The molecule has 0 spiro atoms. The maximum atomic E-state index is 12.7. The molecule has 0 heterocycles. The molecule has 2 unspecified atom stereocenters. The van der Waals surface area contributed by atoms with Crippen molar-refractivity contribution >= 4 is 0 Å². The van der Waals surface area contributed by atoms with Gasteiger partial charge in [-0.05, 0) is 25.2 Å². The summed E-state index contributed by atoms with van der Waals surface area (Å²) in [4.78, 5) is 0. The van der Waals surface area contributed by atoms with Crippen molar-refractivity contribution in [3.05, 3.63) is 0 Å². The average Bonchev–Trinajstić information content (AvgIpc) is 2.25. The molecule has 0 radical (unpaired) electrons. The van der Waals surface area contributed by atoms with Gasteiger partial charge in [-0.3, -0.25) is 0 Å². The number of halogens is 1. The second-order valence-electron chi connectivity index (χ2n) is 3.24. The number of aliphatic hydroxyl groups is 1. The van der Waals surface area contributed by atoms with E-state index in [1.807, 2.05) is 0 Å². The van der Waals surface area contributed by atoms with Crippen molar-refractivity contribution in [1.29, 1.82) is 0 Å². The van der Waals surface area contributed by atoms with Crippen LogP contribution < -0.4 is 0 Å². The Morgan fingerprint density at radius 1 is 1.33 bits per heavy atom. The summed E-state index contributed by atoms with van der Waals surface area (Å²) in [6.45, 7) is 0. The quantitative estimate of drug-likeness (QED) is 0.521. The molecule has 2 aliphatic rings. The van der Waals surface area contributed by atoms with Crippen molar-refractivity contribution in [1.82, 2.24) is 0 Å². The molecule has 4 atom stereocenters. The average molecular weight is 130 g/mol. The number of fused-ring (bicyclic) bond motifs is 2. The Kier molecular flexibility index (Phi) is 1.06. The van der Waals surface area contributed by atoms with E-state index < -0.39 is 6.17 Å². The fraction of sp³-hybridized carbons (Fsp3) is 1.00. The second-order valence-corrected chi connectivity index (χ2v) is 3.24. The molecule has 0 aliphatic heterocycles. The van der Waals surface area contributed by atoms with E-state index in [0.29, 0.717) is 12.3 Å². The number of rotatable bonds is 0. The van der Waals surface area contributed by atoms with Crippen LogP contribution in [-0.4, -0.2) is 17.4 Å². The van der Waals surface area contributed by atoms with Gasteiger partial charge in [0, 0.05) is 5.92 Å². The molecule has 2 aliphatic carbocycles. The lowest BCUT2D eigenvalue weighted by Crippen LogP contribution is -2.15. The van der Waals surface area contributed by atoms with E-state index in [4.69, 9.17) is 0 Å². The molecule has 2 bridgehead atoms. The molecule has 1 N–H and O–H groups in total. The molecule has 9 heavy (non-hydrogen) atoms. The molecule has 2 rings (SSSR count). The summed E-state index contributed by atoms with van der Waals surface area (Å²) in [6.07, 6.45) is 1.57. The molecule has 2 heteroatoms. The van der Waals surface area contributed by atoms with E-state index in [-0.39, 0.29) is 12.0 Å². The molecule has 2 fully saturated rings. The second kappa shape index (κ2) is 1.69. The monoisotopic (exact) mass is 130 g/mol. The fourth-order valence-electron chi connectivity index (χ4n) is 2.21. The molecule has 2 saturated carbocycles. The van der Waals surface area contributed by atoms with Gasteiger partial charge in [0.25, 0.3) is 0 Å². The van der Waals surface area contributed by atoms with E-state index in [1.165, 1.54) is 0 Å².